The molecule has 4 aromatic rings. The Kier molecular flexibility index (Phi) is 6.18. The van der Waals surface area contributed by atoms with Gasteiger partial charge in [-0.3, -0.25) is 9.48 Å². The number of fused-ring (bicyclic) bond motifs is 2. The fourth-order valence-electron chi connectivity index (χ4n) is 5.84. The quantitative estimate of drug-likeness (QED) is 0.371. The zero-order valence-corrected chi connectivity index (χ0v) is 22.4. The summed E-state index contributed by atoms with van der Waals surface area (Å²) in [4.78, 5) is 27.1. The van der Waals surface area contributed by atoms with Crippen LogP contribution >= 0.6 is 0 Å². The van der Waals surface area contributed by atoms with Crippen molar-refractivity contribution < 1.29 is 19.1 Å². The topological polar surface area (TPSA) is 110 Å². The standard InChI is InChI=1S/C30H32N4O5/c1-18-12-23(20(3)31-25-7-5-4-6-22(25)29(36)37)28-24(13-18)26(35)15-27(39-28)33-10-8-30(9-11-33)17-34-21(16-38-30)14-19(2)32-34/h4-7,12-15,20,31H,8-11,16-17H2,1-3H3,(H,36,37). The molecule has 2 aliphatic rings. The lowest BCUT2D eigenvalue weighted by molar-refractivity contribution is -0.106. The summed E-state index contributed by atoms with van der Waals surface area (Å²) < 4.78 is 14.9. The van der Waals surface area contributed by atoms with E-state index in [2.05, 4.69) is 26.1 Å². The Morgan fingerprint density at radius 3 is 2.67 bits per heavy atom. The number of aromatic carboxylic acids is 1. The number of hydrogen-bond acceptors (Lipinski definition) is 7. The zero-order valence-electron chi connectivity index (χ0n) is 22.4. The summed E-state index contributed by atoms with van der Waals surface area (Å²) in [5, 5.41) is 18.1. The SMILES string of the molecule is Cc1cc(C(C)Nc2ccccc2C(=O)O)c2oc(N3CCC4(CC3)Cn3nc(C)cc3CO4)cc(=O)c2c1. The fourth-order valence-corrected chi connectivity index (χ4v) is 5.84. The van der Waals surface area contributed by atoms with E-state index in [-0.39, 0.29) is 22.6 Å². The highest BCUT2D eigenvalue weighted by Gasteiger charge is 2.40. The number of benzene rings is 2. The van der Waals surface area contributed by atoms with E-state index in [0.29, 0.717) is 42.2 Å². The van der Waals surface area contributed by atoms with Gasteiger partial charge >= 0.3 is 5.97 Å². The molecule has 2 aromatic carbocycles. The van der Waals surface area contributed by atoms with Crippen LogP contribution in [-0.2, 0) is 17.9 Å². The number of carbonyl (C=O) groups is 1. The predicted octanol–water partition coefficient (Wildman–Crippen LogP) is 5.05. The summed E-state index contributed by atoms with van der Waals surface area (Å²) in [5.74, 6) is -0.464. The van der Waals surface area contributed by atoms with Crippen molar-refractivity contribution in [2.75, 3.05) is 23.3 Å². The third-order valence-electron chi connectivity index (χ3n) is 7.92. The number of hydrogen-bond donors (Lipinski definition) is 2. The maximum absolute atomic E-state index is 13.3. The van der Waals surface area contributed by atoms with Crippen LogP contribution in [0.25, 0.3) is 11.0 Å². The van der Waals surface area contributed by atoms with Crippen molar-refractivity contribution in [2.24, 2.45) is 0 Å². The largest absolute Gasteiger partial charge is 0.478 e. The van der Waals surface area contributed by atoms with Gasteiger partial charge in [0.2, 0.25) is 0 Å². The maximum Gasteiger partial charge on any atom is 0.337 e. The van der Waals surface area contributed by atoms with Crippen LogP contribution in [-0.4, -0.2) is 39.5 Å². The predicted molar refractivity (Wildman–Crippen MR) is 149 cm³/mol. The van der Waals surface area contributed by atoms with E-state index in [0.717, 1.165) is 41.9 Å². The first-order valence-corrected chi connectivity index (χ1v) is 13.3. The van der Waals surface area contributed by atoms with E-state index >= 15 is 0 Å². The van der Waals surface area contributed by atoms with Crippen molar-refractivity contribution in [2.45, 2.75) is 58.4 Å². The monoisotopic (exact) mass is 528 g/mol. The van der Waals surface area contributed by atoms with E-state index < -0.39 is 5.97 Å². The molecule has 1 saturated heterocycles. The smallest absolute Gasteiger partial charge is 0.337 e. The molecular weight excluding hydrogens is 496 g/mol. The van der Waals surface area contributed by atoms with Crippen molar-refractivity contribution in [3.63, 3.8) is 0 Å². The van der Waals surface area contributed by atoms with Gasteiger partial charge in [-0.05, 0) is 63.4 Å². The van der Waals surface area contributed by atoms with E-state index in [9.17, 15) is 14.7 Å². The second-order valence-corrected chi connectivity index (χ2v) is 10.8. The first kappa shape index (κ1) is 25.2. The lowest BCUT2D eigenvalue weighted by Crippen LogP contribution is -2.50. The van der Waals surface area contributed by atoms with Crippen molar-refractivity contribution in [1.29, 1.82) is 0 Å². The number of aromatic nitrogens is 2. The van der Waals surface area contributed by atoms with E-state index in [1.165, 1.54) is 0 Å². The average Bonchev–Trinajstić information content (AvgIpc) is 3.28. The highest BCUT2D eigenvalue weighted by Crippen LogP contribution is 2.36. The summed E-state index contributed by atoms with van der Waals surface area (Å²) in [6.45, 7) is 8.57. The average molecular weight is 529 g/mol. The van der Waals surface area contributed by atoms with Crippen LogP contribution in [0.15, 0.2) is 57.7 Å². The van der Waals surface area contributed by atoms with Gasteiger partial charge in [-0.25, -0.2) is 4.79 Å². The second kappa shape index (κ2) is 9.57. The maximum atomic E-state index is 13.3. The van der Waals surface area contributed by atoms with Crippen LogP contribution in [0.2, 0.25) is 0 Å². The molecular formula is C30H32N4O5. The molecule has 0 saturated carbocycles. The number of nitrogens with zero attached hydrogens (tertiary/aromatic N) is 3. The van der Waals surface area contributed by atoms with Crippen LogP contribution in [0.5, 0.6) is 0 Å². The van der Waals surface area contributed by atoms with Crippen molar-refractivity contribution in [3.8, 4) is 0 Å². The fraction of sp³-hybridized carbons (Fsp3) is 0.367. The van der Waals surface area contributed by atoms with Gasteiger partial charge in [-0.2, -0.15) is 5.10 Å². The summed E-state index contributed by atoms with van der Waals surface area (Å²) in [6.07, 6.45) is 1.61. The molecule has 0 radical (unpaired) electrons. The highest BCUT2D eigenvalue weighted by atomic mass is 16.5. The molecule has 1 spiro atoms. The molecule has 1 atom stereocenters. The van der Waals surface area contributed by atoms with E-state index in [1.54, 1.807) is 30.3 Å². The number of para-hydroxylation sites is 1. The minimum absolute atomic E-state index is 0.0970. The molecule has 9 heteroatoms. The lowest BCUT2D eigenvalue weighted by atomic mass is 9.90. The Bertz CT molecular complexity index is 1630. The Morgan fingerprint density at radius 2 is 1.90 bits per heavy atom. The molecule has 0 amide bonds. The summed E-state index contributed by atoms with van der Waals surface area (Å²) in [5.41, 5.74) is 4.69. The Morgan fingerprint density at radius 1 is 1.13 bits per heavy atom. The van der Waals surface area contributed by atoms with Crippen molar-refractivity contribution in [1.82, 2.24) is 9.78 Å². The number of ether oxygens (including phenoxy) is 1. The van der Waals surface area contributed by atoms with Gasteiger partial charge in [0.05, 0.1) is 47.1 Å². The number of carboxylic acids is 1. The van der Waals surface area contributed by atoms with Crippen molar-refractivity contribution in [3.05, 3.63) is 86.8 Å². The minimum atomic E-state index is -1.00. The Labute approximate surface area is 226 Å². The van der Waals surface area contributed by atoms with Gasteiger partial charge < -0.3 is 24.5 Å². The van der Waals surface area contributed by atoms with Crippen LogP contribution in [0.3, 0.4) is 0 Å². The molecule has 2 N–H and O–H groups in total. The van der Waals surface area contributed by atoms with E-state index in [1.807, 2.05) is 32.9 Å². The first-order chi connectivity index (χ1) is 18.7. The van der Waals surface area contributed by atoms with Gasteiger partial charge in [0, 0.05) is 30.4 Å². The number of carboxylic acid groups (broad SMARTS) is 1. The number of rotatable bonds is 5. The highest BCUT2D eigenvalue weighted by molar-refractivity contribution is 5.94. The Hall–Kier alpha value is -4.11. The molecule has 9 nitrogen and oxygen atoms in total. The van der Waals surface area contributed by atoms with Crippen LogP contribution in [0.4, 0.5) is 11.6 Å². The minimum Gasteiger partial charge on any atom is -0.478 e. The molecule has 0 aliphatic carbocycles. The molecule has 39 heavy (non-hydrogen) atoms. The van der Waals surface area contributed by atoms with Gasteiger partial charge in [0.25, 0.3) is 0 Å². The third kappa shape index (κ3) is 4.67. The Balaban J connectivity index is 1.28. The summed E-state index contributed by atoms with van der Waals surface area (Å²) >= 11 is 0. The van der Waals surface area contributed by atoms with Gasteiger partial charge in [-0.15, -0.1) is 0 Å². The number of nitrogens with one attached hydrogen (secondary N) is 1. The number of anilines is 2. The molecule has 2 aliphatic heterocycles. The molecule has 1 fully saturated rings. The van der Waals surface area contributed by atoms with Crippen molar-refractivity contribution >= 4 is 28.5 Å². The van der Waals surface area contributed by atoms with Gasteiger partial charge in [-0.1, -0.05) is 18.2 Å². The first-order valence-electron chi connectivity index (χ1n) is 13.3. The molecule has 202 valence electrons. The van der Waals surface area contributed by atoms with Crippen LogP contribution in [0, 0.1) is 13.8 Å². The van der Waals surface area contributed by atoms with Gasteiger partial charge in [0.15, 0.2) is 11.3 Å². The van der Waals surface area contributed by atoms with Crippen LogP contribution < -0.4 is 15.6 Å². The van der Waals surface area contributed by atoms with E-state index in [4.69, 9.17) is 9.15 Å². The zero-order chi connectivity index (χ0) is 27.3. The molecule has 1 unspecified atom stereocenters. The van der Waals surface area contributed by atoms with Crippen LogP contribution in [0.1, 0.15) is 58.7 Å². The molecule has 6 rings (SSSR count). The lowest BCUT2D eigenvalue weighted by Gasteiger charge is -2.44. The molecule has 2 aromatic heterocycles. The molecule has 0 bridgehead atoms. The normalized spacial score (nSPS) is 17.3. The third-order valence-corrected chi connectivity index (χ3v) is 7.92. The summed E-state index contributed by atoms with van der Waals surface area (Å²) in [7, 11) is 0. The summed E-state index contributed by atoms with van der Waals surface area (Å²) in [6, 6.07) is 14.0. The van der Waals surface area contributed by atoms with Gasteiger partial charge in [0.1, 0.15) is 5.58 Å². The number of piperidine rings is 1. The molecule has 4 heterocycles. The number of aryl methyl sites for hydroxylation is 2. The second-order valence-electron chi connectivity index (χ2n) is 10.8.